The van der Waals surface area contributed by atoms with Gasteiger partial charge in [0.2, 0.25) is 0 Å². The van der Waals surface area contributed by atoms with E-state index >= 15 is 0 Å². The molecule has 0 saturated heterocycles. The van der Waals surface area contributed by atoms with E-state index in [9.17, 15) is 26.7 Å². The van der Waals surface area contributed by atoms with Crippen LogP contribution in [0.15, 0.2) is 42.7 Å². The minimum absolute atomic E-state index is 0.164. The van der Waals surface area contributed by atoms with Crippen molar-refractivity contribution in [3.63, 3.8) is 0 Å². The summed E-state index contributed by atoms with van der Waals surface area (Å²) in [6.07, 6.45) is -3.37. The summed E-state index contributed by atoms with van der Waals surface area (Å²) in [4.78, 5) is 25.3. The number of nitrogens with one attached hydrogen (secondary N) is 1. The number of carboxylic acid groups (broad SMARTS) is 1. The molecule has 7 nitrogen and oxygen atoms in total. The van der Waals surface area contributed by atoms with Crippen LogP contribution in [-0.2, 0) is 11.4 Å². The maximum absolute atomic E-state index is 13.7. The molecule has 0 saturated carbocycles. The number of carboxylic acids is 1. The van der Waals surface area contributed by atoms with Crippen molar-refractivity contribution in [3.8, 4) is 5.69 Å². The third-order valence-electron chi connectivity index (χ3n) is 4.46. The van der Waals surface area contributed by atoms with Gasteiger partial charge >= 0.3 is 12.1 Å². The zero-order chi connectivity index (χ0) is 24.9. The number of rotatable bonds is 4. The fourth-order valence-electron chi connectivity index (χ4n) is 2.55. The summed E-state index contributed by atoms with van der Waals surface area (Å²) in [7, 11) is 0. The van der Waals surface area contributed by atoms with Crippen LogP contribution in [-0.4, -0.2) is 37.8 Å². The molecule has 0 unspecified atom stereocenters. The molecular weight excluding hydrogens is 453 g/mol. The second-order valence-electron chi connectivity index (χ2n) is 6.67. The van der Waals surface area contributed by atoms with E-state index in [0.717, 1.165) is 29.2 Å². The number of hydrogen-bond acceptors (Lipinski definition) is 4. The molecule has 3 N–H and O–H groups in total. The summed E-state index contributed by atoms with van der Waals surface area (Å²) in [5, 5.41) is 18.6. The number of benzene rings is 2. The summed E-state index contributed by atoms with van der Waals surface area (Å²) >= 11 is 0. The molecule has 0 aliphatic heterocycles. The Morgan fingerprint density at radius 3 is 1.97 bits per heavy atom. The van der Waals surface area contributed by atoms with Gasteiger partial charge in [0, 0.05) is 28.2 Å². The molecule has 33 heavy (non-hydrogen) atoms. The molecule has 0 fully saturated rings. The molecular formula is C21H18F5N3O4. The van der Waals surface area contributed by atoms with Crippen LogP contribution < -0.4 is 5.32 Å². The van der Waals surface area contributed by atoms with E-state index in [2.05, 4.69) is 10.3 Å². The maximum atomic E-state index is 13.7. The summed E-state index contributed by atoms with van der Waals surface area (Å²) in [6.45, 7) is 3.10. The van der Waals surface area contributed by atoms with Crippen molar-refractivity contribution in [2.24, 2.45) is 0 Å². The zero-order valence-corrected chi connectivity index (χ0v) is 17.2. The number of hydrogen-bond donors (Lipinski definition) is 3. The minimum Gasteiger partial charge on any atom is -0.475 e. The fourth-order valence-corrected chi connectivity index (χ4v) is 2.55. The van der Waals surface area contributed by atoms with Crippen molar-refractivity contribution in [1.29, 1.82) is 0 Å². The molecule has 0 aliphatic carbocycles. The first-order chi connectivity index (χ1) is 15.3. The van der Waals surface area contributed by atoms with Crippen molar-refractivity contribution in [1.82, 2.24) is 9.55 Å². The normalized spacial score (nSPS) is 10.9. The zero-order valence-electron chi connectivity index (χ0n) is 17.2. The summed E-state index contributed by atoms with van der Waals surface area (Å²) in [5.41, 5.74) is 2.68. The SMILES string of the molecule is Cc1ncn(-c2ccc(NC(=O)c3cc(F)c(CO)c(F)c3)cc2)c1C.O=C(O)C(F)(F)F. The lowest BCUT2D eigenvalue weighted by molar-refractivity contribution is -0.192. The van der Waals surface area contributed by atoms with Crippen LogP contribution in [0.1, 0.15) is 27.3 Å². The van der Waals surface area contributed by atoms with E-state index in [1.807, 2.05) is 18.4 Å². The predicted molar refractivity (Wildman–Crippen MR) is 107 cm³/mol. The topological polar surface area (TPSA) is 104 Å². The molecule has 3 rings (SSSR count). The maximum Gasteiger partial charge on any atom is 0.490 e. The van der Waals surface area contributed by atoms with Crippen molar-refractivity contribution in [2.75, 3.05) is 5.32 Å². The molecule has 12 heteroatoms. The monoisotopic (exact) mass is 471 g/mol. The smallest absolute Gasteiger partial charge is 0.475 e. The second kappa shape index (κ2) is 10.2. The van der Waals surface area contributed by atoms with Crippen molar-refractivity contribution < 1.29 is 41.8 Å². The van der Waals surface area contributed by atoms with E-state index < -0.39 is 41.9 Å². The van der Waals surface area contributed by atoms with Crippen LogP contribution in [0.5, 0.6) is 0 Å². The Morgan fingerprint density at radius 1 is 1.06 bits per heavy atom. The fraction of sp³-hybridized carbons (Fsp3) is 0.190. The highest BCUT2D eigenvalue weighted by molar-refractivity contribution is 6.04. The number of carbonyl (C=O) groups is 2. The molecule has 1 amide bonds. The molecule has 2 aromatic carbocycles. The minimum atomic E-state index is -5.08. The van der Waals surface area contributed by atoms with Gasteiger partial charge in [0.05, 0.1) is 18.6 Å². The van der Waals surface area contributed by atoms with Crippen molar-refractivity contribution in [2.45, 2.75) is 26.6 Å². The Morgan fingerprint density at radius 2 is 1.58 bits per heavy atom. The van der Waals surface area contributed by atoms with Gasteiger partial charge in [0.25, 0.3) is 5.91 Å². The van der Waals surface area contributed by atoms with Gasteiger partial charge in [0.1, 0.15) is 11.6 Å². The van der Waals surface area contributed by atoms with Crippen LogP contribution in [0.4, 0.5) is 27.6 Å². The third-order valence-corrected chi connectivity index (χ3v) is 4.46. The number of nitrogens with zero attached hydrogens (tertiary/aromatic N) is 2. The Balaban J connectivity index is 0.000000479. The molecule has 176 valence electrons. The summed E-state index contributed by atoms with van der Waals surface area (Å²) in [5.74, 6) is -5.32. The number of amides is 1. The average molecular weight is 471 g/mol. The first-order valence-corrected chi connectivity index (χ1v) is 9.16. The van der Waals surface area contributed by atoms with Gasteiger partial charge in [-0.15, -0.1) is 0 Å². The molecule has 0 radical (unpaired) electrons. The summed E-state index contributed by atoms with van der Waals surface area (Å²) < 4.78 is 61.1. The van der Waals surface area contributed by atoms with Crippen LogP contribution in [0.3, 0.4) is 0 Å². The average Bonchev–Trinajstić information content (AvgIpc) is 3.06. The highest BCUT2D eigenvalue weighted by atomic mass is 19.4. The van der Waals surface area contributed by atoms with E-state index in [1.165, 1.54) is 0 Å². The Hall–Kier alpha value is -3.80. The van der Waals surface area contributed by atoms with Gasteiger partial charge in [-0.05, 0) is 50.2 Å². The van der Waals surface area contributed by atoms with Gasteiger partial charge in [0.15, 0.2) is 0 Å². The number of halogens is 5. The molecule has 3 aromatic rings. The van der Waals surface area contributed by atoms with E-state index in [1.54, 1.807) is 30.6 Å². The number of aryl methyl sites for hydroxylation is 1. The first-order valence-electron chi connectivity index (χ1n) is 9.16. The van der Waals surface area contributed by atoms with Gasteiger partial charge < -0.3 is 20.1 Å². The quantitative estimate of drug-likeness (QED) is 0.496. The number of alkyl halides is 3. The molecule has 0 spiro atoms. The Labute approximate surface area is 184 Å². The van der Waals surface area contributed by atoms with E-state index in [-0.39, 0.29) is 5.56 Å². The second-order valence-corrected chi connectivity index (χ2v) is 6.67. The summed E-state index contributed by atoms with van der Waals surface area (Å²) in [6, 6.07) is 8.79. The molecule has 1 aromatic heterocycles. The standard InChI is InChI=1S/C19H17F2N3O2.C2HF3O2/c1-11-12(2)24(10-22-11)15-5-3-14(4-6-15)23-19(26)13-7-17(20)16(9-25)18(21)8-13;3-2(4,5)1(6)7/h3-8,10,25H,9H2,1-2H3,(H,23,26);(H,6,7). The largest absolute Gasteiger partial charge is 0.490 e. The predicted octanol–water partition coefficient (Wildman–Crippen LogP) is 4.15. The van der Waals surface area contributed by atoms with Crippen LogP contribution in [0.25, 0.3) is 5.69 Å². The van der Waals surface area contributed by atoms with Crippen LogP contribution >= 0.6 is 0 Å². The Bertz CT molecular complexity index is 1130. The number of anilines is 1. The van der Waals surface area contributed by atoms with Gasteiger partial charge in [-0.1, -0.05) is 0 Å². The molecule has 1 heterocycles. The molecule has 0 aliphatic rings. The van der Waals surface area contributed by atoms with Gasteiger partial charge in [-0.25, -0.2) is 18.6 Å². The van der Waals surface area contributed by atoms with Crippen LogP contribution in [0, 0.1) is 25.5 Å². The van der Waals surface area contributed by atoms with Gasteiger partial charge in [-0.2, -0.15) is 13.2 Å². The van der Waals surface area contributed by atoms with E-state index in [0.29, 0.717) is 5.69 Å². The Kier molecular flexibility index (Phi) is 7.88. The lowest BCUT2D eigenvalue weighted by Gasteiger charge is -2.10. The number of aliphatic hydroxyl groups is 1. The lowest BCUT2D eigenvalue weighted by atomic mass is 10.1. The van der Waals surface area contributed by atoms with Crippen LogP contribution in [0.2, 0.25) is 0 Å². The first kappa shape index (κ1) is 25.5. The number of aliphatic hydroxyl groups excluding tert-OH is 1. The molecule has 0 atom stereocenters. The van der Waals surface area contributed by atoms with E-state index in [4.69, 9.17) is 15.0 Å². The number of aliphatic carboxylic acids is 1. The lowest BCUT2D eigenvalue weighted by Crippen LogP contribution is -2.21. The highest BCUT2D eigenvalue weighted by Crippen LogP contribution is 2.19. The van der Waals surface area contributed by atoms with Crippen molar-refractivity contribution >= 4 is 17.6 Å². The molecule has 0 bridgehead atoms. The number of imidazole rings is 1. The highest BCUT2D eigenvalue weighted by Gasteiger charge is 2.38. The van der Waals surface area contributed by atoms with Gasteiger partial charge in [-0.3, -0.25) is 4.79 Å². The van der Waals surface area contributed by atoms with Crippen molar-refractivity contribution in [3.05, 3.63) is 76.9 Å². The third kappa shape index (κ3) is 6.35. The number of carbonyl (C=O) groups excluding carboxylic acids is 1. The number of aromatic nitrogens is 2.